The highest BCUT2D eigenvalue weighted by Gasteiger charge is 2.30. The molecule has 0 spiro atoms. The van der Waals surface area contributed by atoms with Gasteiger partial charge in [0.05, 0.1) is 0 Å². The highest BCUT2D eigenvalue weighted by molar-refractivity contribution is 7.08. The number of thiophene rings is 1. The summed E-state index contributed by atoms with van der Waals surface area (Å²) in [5.74, 6) is -1.00. The van der Waals surface area contributed by atoms with Gasteiger partial charge < -0.3 is 10.8 Å². The molecule has 3 nitrogen and oxygen atoms in total. The molecule has 60 valence electrons. The fraction of sp³-hybridized carbons (Fsp3) is 0.286. The van der Waals surface area contributed by atoms with Gasteiger partial charge in [0, 0.05) is 0 Å². The Morgan fingerprint density at radius 2 is 2.45 bits per heavy atom. The van der Waals surface area contributed by atoms with Gasteiger partial charge in [-0.1, -0.05) is 0 Å². The van der Waals surface area contributed by atoms with Crippen molar-refractivity contribution < 1.29 is 9.90 Å². The molecule has 0 aliphatic rings. The Morgan fingerprint density at radius 3 is 2.82 bits per heavy atom. The molecule has 0 saturated heterocycles. The Balaban J connectivity index is 3.00. The third kappa shape index (κ3) is 1.41. The summed E-state index contributed by atoms with van der Waals surface area (Å²) in [6.45, 7) is 1.48. The Labute approximate surface area is 68.5 Å². The molecule has 0 aromatic carbocycles. The predicted molar refractivity (Wildman–Crippen MR) is 43.5 cm³/mol. The van der Waals surface area contributed by atoms with E-state index in [1.807, 2.05) is 5.38 Å². The van der Waals surface area contributed by atoms with E-state index in [4.69, 9.17) is 10.8 Å². The van der Waals surface area contributed by atoms with Crippen LogP contribution in [0.1, 0.15) is 12.5 Å². The highest BCUT2D eigenvalue weighted by Crippen LogP contribution is 2.20. The van der Waals surface area contributed by atoms with E-state index in [1.165, 1.54) is 18.3 Å². The SMILES string of the molecule is C[C@](N)(C(=O)O)c1ccsc1. The summed E-state index contributed by atoms with van der Waals surface area (Å²) in [7, 11) is 0. The first-order chi connectivity index (χ1) is 5.05. The molecule has 0 radical (unpaired) electrons. The molecule has 11 heavy (non-hydrogen) atoms. The van der Waals surface area contributed by atoms with Gasteiger partial charge in [0.25, 0.3) is 0 Å². The van der Waals surface area contributed by atoms with E-state index >= 15 is 0 Å². The van der Waals surface area contributed by atoms with Crippen LogP contribution in [0.3, 0.4) is 0 Å². The molecule has 0 aliphatic carbocycles. The number of carbonyl (C=O) groups is 1. The van der Waals surface area contributed by atoms with Crippen molar-refractivity contribution in [3.63, 3.8) is 0 Å². The number of hydrogen-bond donors (Lipinski definition) is 2. The molecule has 0 saturated carbocycles. The smallest absolute Gasteiger partial charge is 0.328 e. The molecule has 1 aromatic rings. The normalized spacial score (nSPS) is 15.8. The molecule has 3 N–H and O–H groups in total. The molecule has 4 heteroatoms. The summed E-state index contributed by atoms with van der Waals surface area (Å²) >= 11 is 1.44. The van der Waals surface area contributed by atoms with Crippen LogP contribution in [0.15, 0.2) is 16.8 Å². The first kappa shape index (κ1) is 8.23. The Hall–Kier alpha value is -0.870. The number of hydrogen-bond acceptors (Lipinski definition) is 3. The van der Waals surface area contributed by atoms with Crippen molar-refractivity contribution in [1.82, 2.24) is 0 Å². The van der Waals surface area contributed by atoms with E-state index in [9.17, 15) is 4.79 Å². The predicted octanol–water partition coefficient (Wildman–Crippen LogP) is 1.01. The van der Waals surface area contributed by atoms with Crippen molar-refractivity contribution in [3.05, 3.63) is 22.4 Å². The summed E-state index contributed by atoms with van der Waals surface area (Å²) in [6, 6.07) is 1.72. The summed E-state index contributed by atoms with van der Waals surface area (Å²) in [5, 5.41) is 12.2. The Bertz CT molecular complexity index is 253. The standard InChI is InChI=1S/C7H9NO2S/c1-7(8,6(9)10)5-2-3-11-4-5/h2-4H,8H2,1H3,(H,9,10)/t7-/m1/s1. The fourth-order valence-electron chi connectivity index (χ4n) is 0.683. The molecule has 1 atom stereocenters. The first-order valence-electron chi connectivity index (χ1n) is 3.10. The van der Waals surface area contributed by atoms with Gasteiger partial charge in [0.15, 0.2) is 0 Å². The van der Waals surface area contributed by atoms with E-state index in [-0.39, 0.29) is 0 Å². The zero-order valence-electron chi connectivity index (χ0n) is 6.07. The van der Waals surface area contributed by atoms with Crippen LogP contribution < -0.4 is 5.73 Å². The van der Waals surface area contributed by atoms with Crippen LogP contribution in [0, 0.1) is 0 Å². The average Bonchev–Trinajstić information content (AvgIpc) is 2.37. The van der Waals surface area contributed by atoms with Crippen LogP contribution in [0.25, 0.3) is 0 Å². The molecule has 0 bridgehead atoms. The molecule has 0 unspecified atom stereocenters. The molecule has 1 aromatic heterocycles. The quantitative estimate of drug-likeness (QED) is 0.698. The van der Waals surface area contributed by atoms with Gasteiger partial charge in [-0.05, 0) is 29.3 Å². The summed E-state index contributed by atoms with van der Waals surface area (Å²) < 4.78 is 0. The number of carboxylic acids is 1. The van der Waals surface area contributed by atoms with Gasteiger partial charge in [-0.25, -0.2) is 4.79 Å². The van der Waals surface area contributed by atoms with Gasteiger partial charge in [0.2, 0.25) is 0 Å². The van der Waals surface area contributed by atoms with Crippen LogP contribution in [-0.4, -0.2) is 11.1 Å². The first-order valence-corrected chi connectivity index (χ1v) is 4.04. The molecule has 1 heterocycles. The maximum Gasteiger partial charge on any atom is 0.328 e. The van der Waals surface area contributed by atoms with Crippen LogP contribution in [0.5, 0.6) is 0 Å². The lowest BCUT2D eigenvalue weighted by molar-refractivity contribution is -0.143. The highest BCUT2D eigenvalue weighted by atomic mass is 32.1. The van der Waals surface area contributed by atoms with Crippen LogP contribution >= 0.6 is 11.3 Å². The van der Waals surface area contributed by atoms with Gasteiger partial charge in [-0.2, -0.15) is 11.3 Å². The fourth-order valence-corrected chi connectivity index (χ4v) is 1.46. The van der Waals surface area contributed by atoms with E-state index < -0.39 is 11.5 Å². The lowest BCUT2D eigenvalue weighted by atomic mass is 9.97. The van der Waals surface area contributed by atoms with E-state index in [0.717, 1.165) is 0 Å². The van der Waals surface area contributed by atoms with Crippen molar-refractivity contribution in [2.45, 2.75) is 12.5 Å². The van der Waals surface area contributed by atoms with Gasteiger partial charge in [0.1, 0.15) is 5.54 Å². The maximum absolute atomic E-state index is 10.6. The number of rotatable bonds is 2. The maximum atomic E-state index is 10.6. The van der Waals surface area contributed by atoms with Crippen molar-refractivity contribution in [2.75, 3.05) is 0 Å². The third-order valence-electron chi connectivity index (χ3n) is 1.57. The van der Waals surface area contributed by atoms with Crippen molar-refractivity contribution >= 4 is 17.3 Å². The van der Waals surface area contributed by atoms with Crippen LogP contribution in [0.2, 0.25) is 0 Å². The number of carboxylic acid groups (broad SMARTS) is 1. The second kappa shape index (κ2) is 2.64. The zero-order chi connectivity index (χ0) is 8.48. The monoisotopic (exact) mass is 171 g/mol. The number of nitrogens with two attached hydrogens (primary N) is 1. The summed E-state index contributed by atoms with van der Waals surface area (Å²) in [5.41, 5.74) is 4.93. The minimum atomic E-state index is -1.25. The van der Waals surface area contributed by atoms with Crippen molar-refractivity contribution in [1.29, 1.82) is 0 Å². The molecule has 0 fully saturated rings. The van der Waals surface area contributed by atoms with Gasteiger partial charge in [-0.3, -0.25) is 0 Å². The van der Waals surface area contributed by atoms with Gasteiger partial charge >= 0.3 is 5.97 Å². The lowest BCUT2D eigenvalue weighted by Gasteiger charge is -2.16. The largest absolute Gasteiger partial charge is 0.480 e. The van der Waals surface area contributed by atoms with E-state index in [2.05, 4.69) is 0 Å². The van der Waals surface area contributed by atoms with E-state index in [1.54, 1.807) is 11.4 Å². The minimum absolute atomic E-state index is 0.648. The van der Waals surface area contributed by atoms with E-state index in [0.29, 0.717) is 5.56 Å². The zero-order valence-corrected chi connectivity index (χ0v) is 6.89. The molecule has 0 amide bonds. The van der Waals surface area contributed by atoms with Gasteiger partial charge in [-0.15, -0.1) is 0 Å². The van der Waals surface area contributed by atoms with Crippen LogP contribution in [-0.2, 0) is 10.3 Å². The summed E-state index contributed by atoms with van der Waals surface area (Å²) in [6.07, 6.45) is 0. The Morgan fingerprint density at radius 1 is 1.82 bits per heavy atom. The second-order valence-electron chi connectivity index (χ2n) is 2.52. The average molecular weight is 171 g/mol. The Kier molecular flexibility index (Phi) is 1.97. The second-order valence-corrected chi connectivity index (χ2v) is 3.30. The number of aliphatic carboxylic acids is 1. The van der Waals surface area contributed by atoms with Crippen molar-refractivity contribution in [2.24, 2.45) is 5.73 Å². The summed E-state index contributed by atoms with van der Waals surface area (Å²) in [4.78, 5) is 10.6. The topological polar surface area (TPSA) is 63.3 Å². The molecular weight excluding hydrogens is 162 g/mol. The molecule has 0 aliphatic heterocycles. The third-order valence-corrected chi connectivity index (χ3v) is 2.25. The minimum Gasteiger partial charge on any atom is -0.480 e. The lowest BCUT2D eigenvalue weighted by Crippen LogP contribution is -2.41. The molecule has 1 rings (SSSR count). The van der Waals surface area contributed by atoms with Crippen LogP contribution in [0.4, 0.5) is 0 Å². The molecular formula is C7H9NO2S. The van der Waals surface area contributed by atoms with Crippen molar-refractivity contribution in [3.8, 4) is 0 Å².